The fourth-order valence-corrected chi connectivity index (χ4v) is 3.73. The van der Waals surface area contributed by atoms with E-state index in [4.69, 9.17) is 4.74 Å². The van der Waals surface area contributed by atoms with Gasteiger partial charge < -0.3 is 10.1 Å². The number of H-pyrrole nitrogens is 1. The molecule has 0 atom stereocenters. The lowest BCUT2D eigenvalue weighted by Crippen LogP contribution is -2.46. The first-order chi connectivity index (χ1) is 11.8. The Labute approximate surface area is 141 Å². The Morgan fingerprint density at radius 1 is 1.25 bits per heavy atom. The molecule has 24 heavy (non-hydrogen) atoms. The largest absolute Gasteiger partial charge is 0.368 e. The first-order valence-corrected chi connectivity index (χ1v) is 8.73. The zero-order valence-corrected chi connectivity index (χ0v) is 14.1. The van der Waals surface area contributed by atoms with E-state index in [1.54, 1.807) is 0 Å². The van der Waals surface area contributed by atoms with E-state index < -0.39 is 0 Å². The van der Waals surface area contributed by atoms with E-state index in [1.165, 1.54) is 11.3 Å². The molecule has 7 heteroatoms. The molecular formula is C17H24N6O. The zero-order valence-electron chi connectivity index (χ0n) is 14.1. The minimum atomic E-state index is -0.161. The third kappa shape index (κ3) is 2.89. The Morgan fingerprint density at radius 2 is 2.04 bits per heavy atom. The maximum absolute atomic E-state index is 6.20. The van der Waals surface area contributed by atoms with E-state index in [1.807, 2.05) is 25.5 Å². The standard InChI is InChI=1S/C17H24N6O/c1-2-18-16-19-9-13(10-20-16)12-23-6-4-17(5-7-23)15-14(3-8-24-17)11-21-22-15/h9-11H,2-8,12H2,1H3,(H,21,22)(H,18,19,20). The maximum Gasteiger partial charge on any atom is 0.222 e. The summed E-state index contributed by atoms with van der Waals surface area (Å²) in [6.07, 6.45) is 8.75. The lowest BCUT2D eigenvalue weighted by molar-refractivity contribution is -0.102. The number of hydrogen-bond acceptors (Lipinski definition) is 6. The summed E-state index contributed by atoms with van der Waals surface area (Å²) in [4.78, 5) is 11.2. The molecule has 0 radical (unpaired) electrons. The molecule has 4 rings (SSSR count). The van der Waals surface area contributed by atoms with Crippen molar-refractivity contribution in [2.24, 2.45) is 0 Å². The van der Waals surface area contributed by atoms with Crippen LogP contribution in [0, 0.1) is 0 Å². The van der Waals surface area contributed by atoms with Crippen LogP contribution >= 0.6 is 0 Å². The summed E-state index contributed by atoms with van der Waals surface area (Å²) in [6, 6.07) is 0. The van der Waals surface area contributed by atoms with Crippen LogP contribution in [-0.2, 0) is 23.3 Å². The molecule has 0 aliphatic carbocycles. The number of anilines is 1. The van der Waals surface area contributed by atoms with Gasteiger partial charge in [0, 0.05) is 44.1 Å². The molecule has 2 aliphatic heterocycles. The number of rotatable bonds is 4. The van der Waals surface area contributed by atoms with Crippen LogP contribution in [0.4, 0.5) is 5.95 Å². The van der Waals surface area contributed by atoms with E-state index in [9.17, 15) is 0 Å². The van der Waals surface area contributed by atoms with E-state index >= 15 is 0 Å². The van der Waals surface area contributed by atoms with Gasteiger partial charge >= 0.3 is 0 Å². The van der Waals surface area contributed by atoms with Gasteiger partial charge in [0.15, 0.2) is 0 Å². The van der Waals surface area contributed by atoms with Gasteiger partial charge in [0.2, 0.25) is 5.95 Å². The lowest BCUT2D eigenvalue weighted by Gasteiger charge is -2.43. The average Bonchev–Trinajstić information content (AvgIpc) is 3.10. The molecule has 1 fully saturated rings. The van der Waals surface area contributed by atoms with Crippen LogP contribution in [0.25, 0.3) is 0 Å². The SMILES string of the molecule is CCNc1ncc(CN2CCC3(CC2)OCCc2cn[nH]c23)cn1. The predicted molar refractivity (Wildman–Crippen MR) is 90.6 cm³/mol. The van der Waals surface area contributed by atoms with Crippen molar-refractivity contribution < 1.29 is 4.74 Å². The second-order valence-corrected chi connectivity index (χ2v) is 6.58. The van der Waals surface area contributed by atoms with Crippen molar-refractivity contribution in [1.82, 2.24) is 25.1 Å². The molecule has 1 spiro atoms. The fourth-order valence-electron chi connectivity index (χ4n) is 3.73. The molecule has 2 aromatic heterocycles. The average molecular weight is 328 g/mol. The van der Waals surface area contributed by atoms with Crippen molar-refractivity contribution in [3.63, 3.8) is 0 Å². The van der Waals surface area contributed by atoms with Gasteiger partial charge in [-0.2, -0.15) is 5.10 Å². The molecule has 2 N–H and O–H groups in total. The summed E-state index contributed by atoms with van der Waals surface area (Å²) >= 11 is 0. The predicted octanol–water partition coefficient (Wildman–Crippen LogP) is 1.70. The van der Waals surface area contributed by atoms with Crippen LogP contribution in [0.1, 0.15) is 36.6 Å². The highest BCUT2D eigenvalue weighted by Gasteiger charge is 2.42. The lowest BCUT2D eigenvalue weighted by atomic mass is 9.83. The van der Waals surface area contributed by atoms with Crippen molar-refractivity contribution in [3.05, 3.63) is 35.4 Å². The van der Waals surface area contributed by atoms with E-state index in [2.05, 4.69) is 30.4 Å². The molecule has 0 amide bonds. The maximum atomic E-state index is 6.20. The third-order valence-electron chi connectivity index (χ3n) is 5.03. The van der Waals surface area contributed by atoms with Gasteiger partial charge in [-0.3, -0.25) is 10.00 Å². The molecule has 0 saturated carbocycles. The van der Waals surface area contributed by atoms with E-state index in [-0.39, 0.29) is 5.60 Å². The fraction of sp³-hybridized carbons (Fsp3) is 0.588. The third-order valence-corrected chi connectivity index (χ3v) is 5.03. The summed E-state index contributed by atoms with van der Waals surface area (Å²) in [7, 11) is 0. The summed E-state index contributed by atoms with van der Waals surface area (Å²) in [6.45, 7) is 6.58. The zero-order chi connectivity index (χ0) is 16.4. The Bertz CT molecular complexity index is 675. The Morgan fingerprint density at radius 3 is 2.79 bits per heavy atom. The second-order valence-electron chi connectivity index (χ2n) is 6.58. The number of aromatic amines is 1. The van der Waals surface area contributed by atoms with Gasteiger partial charge in [0.25, 0.3) is 0 Å². The molecule has 0 bridgehead atoms. The number of nitrogens with one attached hydrogen (secondary N) is 2. The number of likely N-dealkylation sites (tertiary alicyclic amines) is 1. The Kier molecular flexibility index (Phi) is 4.20. The number of piperidine rings is 1. The van der Waals surface area contributed by atoms with Crippen molar-refractivity contribution in [1.29, 1.82) is 0 Å². The van der Waals surface area contributed by atoms with Gasteiger partial charge in [-0.25, -0.2) is 9.97 Å². The van der Waals surface area contributed by atoms with Gasteiger partial charge in [-0.15, -0.1) is 0 Å². The first kappa shape index (κ1) is 15.5. The molecular weight excluding hydrogens is 304 g/mol. The number of aromatic nitrogens is 4. The van der Waals surface area contributed by atoms with Crippen LogP contribution in [0.3, 0.4) is 0 Å². The summed E-state index contributed by atoms with van der Waals surface area (Å²) < 4.78 is 6.20. The smallest absolute Gasteiger partial charge is 0.222 e. The monoisotopic (exact) mass is 328 g/mol. The molecule has 7 nitrogen and oxygen atoms in total. The van der Waals surface area contributed by atoms with E-state index in [0.717, 1.165) is 57.6 Å². The molecule has 4 heterocycles. The van der Waals surface area contributed by atoms with Crippen LogP contribution < -0.4 is 5.32 Å². The summed E-state index contributed by atoms with van der Waals surface area (Å²) in [5.41, 5.74) is 3.51. The van der Waals surface area contributed by atoms with Crippen LogP contribution in [-0.4, -0.2) is 51.3 Å². The number of ether oxygens (including phenoxy) is 1. The number of hydrogen-bond donors (Lipinski definition) is 2. The molecule has 1 saturated heterocycles. The highest BCUT2D eigenvalue weighted by molar-refractivity contribution is 5.27. The van der Waals surface area contributed by atoms with Crippen LogP contribution in [0.5, 0.6) is 0 Å². The van der Waals surface area contributed by atoms with Crippen LogP contribution in [0.15, 0.2) is 18.6 Å². The van der Waals surface area contributed by atoms with Crippen molar-refractivity contribution in [2.45, 2.75) is 38.3 Å². The molecule has 128 valence electrons. The Balaban J connectivity index is 1.39. The topological polar surface area (TPSA) is 79.0 Å². The quantitative estimate of drug-likeness (QED) is 0.889. The molecule has 0 aromatic carbocycles. The summed E-state index contributed by atoms with van der Waals surface area (Å²) in [5.74, 6) is 0.696. The van der Waals surface area contributed by atoms with Crippen molar-refractivity contribution in [2.75, 3.05) is 31.6 Å². The van der Waals surface area contributed by atoms with E-state index in [0.29, 0.717) is 5.95 Å². The highest BCUT2D eigenvalue weighted by atomic mass is 16.5. The Hall–Kier alpha value is -1.99. The van der Waals surface area contributed by atoms with Gasteiger partial charge in [-0.05, 0) is 31.7 Å². The van der Waals surface area contributed by atoms with Gasteiger partial charge in [0.1, 0.15) is 5.60 Å². The molecule has 0 unspecified atom stereocenters. The minimum Gasteiger partial charge on any atom is -0.368 e. The van der Waals surface area contributed by atoms with Crippen LogP contribution in [0.2, 0.25) is 0 Å². The number of nitrogens with zero attached hydrogens (tertiary/aromatic N) is 4. The van der Waals surface area contributed by atoms with Gasteiger partial charge in [0.05, 0.1) is 18.5 Å². The van der Waals surface area contributed by atoms with Gasteiger partial charge in [-0.1, -0.05) is 0 Å². The normalized spacial score (nSPS) is 20.0. The molecule has 2 aliphatic rings. The molecule has 2 aromatic rings. The minimum absolute atomic E-state index is 0.161. The number of fused-ring (bicyclic) bond motifs is 2. The summed E-state index contributed by atoms with van der Waals surface area (Å²) in [5, 5.41) is 10.5. The first-order valence-electron chi connectivity index (χ1n) is 8.73. The second kappa shape index (κ2) is 6.49. The van der Waals surface area contributed by atoms with Crippen molar-refractivity contribution >= 4 is 5.95 Å². The highest BCUT2D eigenvalue weighted by Crippen LogP contribution is 2.40. The van der Waals surface area contributed by atoms with Crippen molar-refractivity contribution in [3.8, 4) is 0 Å².